The highest BCUT2D eigenvalue weighted by molar-refractivity contribution is 5.81. The lowest BCUT2D eigenvalue weighted by Crippen LogP contribution is -2.18. The highest BCUT2D eigenvalue weighted by atomic mass is 14.9. The van der Waals surface area contributed by atoms with Crippen LogP contribution in [0.5, 0.6) is 0 Å². The van der Waals surface area contributed by atoms with Crippen LogP contribution in [0.2, 0.25) is 0 Å². The summed E-state index contributed by atoms with van der Waals surface area (Å²) in [5, 5.41) is 1.29. The average molecular weight is 186 g/mol. The van der Waals surface area contributed by atoms with Crippen LogP contribution in [0.1, 0.15) is 18.4 Å². The Morgan fingerprint density at radius 1 is 1.29 bits per heavy atom. The number of hydrogen-bond acceptors (Lipinski definition) is 1. The van der Waals surface area contributed by atoms with Gasteiger partial charge in [-0.05, 0) is 42.0 Å². The fraction of sp³-hybridized carbons (Fsp3) is 0.333. The first kappa shape index (κ1) is 8.06. The predicted molar refractivity (Wildman–Crippen MR) is 58.0 cm³/mol. The van der Waals surface area contributed by atoms with Gasteiger partial charge in [0.25, 0.3) is 0 Å². The Morgan fingerprint density at radius 2 is 2.07 bits per heavy atom. The lowest BCUT2D eigenvalue weighted by molar-refractivity contribution is 0.741. The molecular weight excluding hydrogens is 172 g/mol. The van der Waals surface area contributed by atoms with Gasteiger partial charge in [0.05, 0.1) is 0 Å². The SMILES string of the molecule is Cn1ccc2cc(C3(N)CC3)ccc21. The Hall–Kier alpha value is -1.28. The van der Waals surface area contributed by atoms with E-state index in [-0.39, 0.29) is 5.54 Å². The summed E-state index contributed by atoms with van der Waals surface area (Å²) < 4.78 is 2.13. The molecule has 72 valence electrons. The summed E-state index contributed by atoms with van der Waals surface area (Å²) in [6.07, 6.45) is 4.35. The summed E-state index contributed by atoms with van der Waals surface area (Å²) in [5.74, 6) is 0. The molecule has 1 aliphatic carbocycles. The largest absolute Gasteiger partial charge is 0.351 e. The maximum atomic E-state index is 6.16. The minimum absolute atomic E-state index is 0.00989. The Balaban J connectivity index is 2.21. The van der Waals surface area contributed by atoms with E-state index >= 15 is 0 Å². The molecule has 2 aromatic rings. The van der Waals surface area contributed by atoms with Crippen molar-refractivity contribution < 1.29 is 0 Å². The molecule has 2 heteroatoms. The highest BCUT2D eigenvalue weighted by Crippen LogP contribution is 2.43. The molecule has 1 aromatic carbocycles. The van der Waals surface area contributed by atoms with Gasteiger partial charge in [-0.3, -0.25) is 0 Å². The van der Waals surface area contributed by atoms with Crippen LogP contribution < -0.4 is 5.73 Å². The molecule has 2 nitrogen and oxygen atoms in total. The quantitative estimate of drug-likeness (QED) is 0.726. The zero-order valence-electron chi connectivity index (χ0n) is 8.33. The van der Waals surface area contributed by atoms with Crippen LogP contribution in [0.15, 0.2) is 30.5 Å². The average Bonchev–Trinajstić information content (AvgIpc) is 2.84. The van der Waals surface area contributed by atoms with Gasteiger partial charge in [0.1, 0.15) is 0 Å². The van der Waals surface area contributed by atoms with Gasteiger partial charge in [-0.15, -0.1) is 0 Å². The van der Waals surface area contributed by atoms with Crippen molar-refractivity contribution >= 4 is 10.9 Å². The molecular formula is C12H14N2. The van der Waals surface area contributed by atoms with Gasteiger partial charge in [-0.25, -0.2) is 0 Å². The third-order valence-electron chi connectivity index (χ3n) is 3.25. The molecule has 0 amide bonds. The molecule has 2 N–H and O–H groups in total. The van der Waals surface area contributed by atoms with Crippen molar-refractivity contribution in [1.82, 2.24) is 4.57 Å². The summed E-state index contributed by atoms with van der Waals surface area (Å²) >= 11 is 0. The molecule has 14 heavy (non-hydrogen) atoms. The zero-order chi connectivity index (χ0) is 9.76. The predicted octanol–water partition coefficient (Wildman–Crippen LogP) is 2.13. The number of rotatable bonds is 1. The smallest absolute Gasteiger partial charge is 0.0477 e. The minimum Gasteiger partial charge on any atom is -0.351 e. The van der Waals surface area contributed by atoms with Crippen molar-refractivity contribution in [3.8, 4) is 0 Å². The van der Waals surface area contributed by atoms with Gasteiger partial charge >= 0.3 is 0 Å². The summed E-state index contributed by atoms with van der Waals surface area (Å²) in [4.78, 5) is 0. The lowest BCUT2D eigenvalue weighted by atomic mass is 10.0. The number of aromatic nitrogens is 1. The van der Waals surface area contributed by atoms with Gasteiger partial charge < -0.3 is 10.3 Å². The summed E-state index contributed by atoms with van der Waals surface area (Å²) in [6, 6.07) is 8.69. The molecule has 0 spiro atoms. The van der Waals surface area contributed by atoms with Crippen LogP contribution in [0, 0.1) is 0 Å². The number of benzene rings is 1. The topological polar surface area (TPSA) is 30.9 Å². The van der Waals surface area contributed by atoms with E-state index in [1.165, 1.54) is 16.5 Å². The number of nitrogens with zero attached hydrogens (tertiary/aromatic N) is 1. The minimum atomic E-state index is -0.00989. The van der Waals surface area contributed by atoms with Gasteiger partial charge in [-0.2, -0.15) is 0 Å². The maximum absolute atomic E-state index is 6.16. The molecule has 0 radical (unpaired) electrons. The Labute approximate surface area is 83.3 Å². The second-order valence-corrected chi connectivity index (χ2v) is 4.36. The van der Waals surface area contributed by atoms with Crippen molar-refractivity contribution in [3.63, 3.8) is 0 Å². The van der Waals surface area contributed by atoms with Gasteiger partial charge in [0.15, 0.2) is 0 Å². The van der Waals surface area contributed by atoms with Crippen molar-refractivity contribution in [1.29, 1.82) is 0 Å². The maximum Gasteiger partial charge on any atom is 0.0477 e. The van der Waals surface area contributed by atoms with Crippen molar-refractivity contribution in [3.05, 3.63) is 36.0 Å². The van der Waals surface area contributed by atoms with Crippen LogP contribution in [0.3, 0.4) is 0 Å². The van der Waals surface area contributed by atoms with Crippen molar-refractivity contribution in [2.24, 2.45) is 12.8 Å². The van der Waals surface area contributed by atoms with Crippen molar-refractivity contribution in [2.45, 2.75) is 18.4 Å². The second-order valence-electron chi connectivity index (χ2n) is 4.36. The molecule has 1 aliphatic rings. The monoisotopic (exact) mass is 186 g/mol. The van der Waals surface area contributed by atoms with Crippen LogP contribution in [-0.2, 0) is 12.6 Å². The van der Waals surface area contributed by atoms with E-state index in [0.717, 1.165) is 12.8 Å². The molecule has 3 rings (SSSR count). The van der Waals surface area contributed by atoms with E-state index in [2.05, 4.69) is 42.1 Å². The van der Waals surface area contributed by atoms with E-state index in [1.54, 1.807) is 0 Å². The first-order valence-electron chi connectivity index (χ1n) is 5.03. The lowest BCUT2D eigenvalue weighted by Gasteiger charge is -2.08. The highest BCUT2D eigenvalue weighted by Gasteiger charge is 2.39. The van der Waals surface area contributed by atoms with Gasteiger partial charge in [-0.1, -0.05) is 6.07 Å². The fourth-order valence-electron chi connectivity index (χ4n) is 2.01. The van der Waals surface area contributed by atoms with Crippen LogP contribution in [0.4, 0.5) is 0 Å². The van der Waals surface area contributed by atoms with Crippen molar-refractivity contribution in [2.75, 3.05) is 0 Å². The summed E-state index contributed by atoms with van der Waals surface area (Å²) in [6.45, 7) is 0. The molecule has 1 aromatic heterocycles. The third-order valence-corrected chi connectivity index (χ3v) is 3.25. The molecule has 0 saturated heterocycles. The molecule has 0 unspecified atom stereocenters. The van der Waals surface area contributed by atoms with Gasteiger partial charge in [0, 0.05) is 24.3 Å². The van der Waals surface area contributed by atoms with E-state index in [4.69, 9.17) is 5.73 Å². The Kier molecular flexibility index (Phi) is 1.38. The molecule has 1 heterocycles. The van der Waals surface area contributed by atoms with Crippen LogP contribution in [-0.4, -0.2) is 4.57 Å². The van der Waals surface area contributed by atoms with Crippen LogP contribution >= 0.6 is 0 Å². The summed E-state index contributed by atoms with van der Waals surface area (Å²) in [7, 11) is 2.07. The summed E-state index contributed by atoms with van der Waals surface area (Å²) in [5.41, 5.74) is 8.71. The number of nitrogens with two attached hydrogens (primary N) is 1. The normalized spacial score (nSPS) is 18.7. The number of aryl methyl sites for hydroxylation is 1. The molecule has 1 saturated carbocycles. The van der Waals surface area contributed by atoms with Gasteiger partial charge in [0.2, 0.25) is 0 Å². The Morgan fingerprint density at radius 3 is 2.79 bits per heavy atom. The molecule has 1 fully saturated rings. The first-order chi connectivity index (χ1) is 6.69. The molecule has 0 atom stereocenters. The standard InChI is InChI=1S/C12H14N2/c1-14-7-4-9-8-10(2-3-11(9)14)12(13)5-6-12/h2-4,7-8H,5-6,13H2,1H3. The third kappa shape index (κ3) is 1.01. The van der Waals surface area contributed by atoms with E-state index in [9.17, 15) is 0 Å². The number of hydrogen-bond donors (Lipinski definition) is 1. The second kappa shape index (κ2) is 2.39. The Bertz CT molecular complexity index is 492. The van der Waals surface area contributed by atoms with Crippen LogP contribution in [0.25, 0.3) is 10.9 Å². The first-order valence-corrected chi connectivity index (χ1v) is 5.03. The molecule has 0 aliphatic heterocycles. The number of fused-ring (bicyclic) bond motifs is 1. The van der Waals surface area contributed by atoms with E-state index < -0.39 is 0 Å². The molecule has 0 bridgehead atoms. The zero-order valence-corrected chi connectivity index (χ0v) is 8.33. The fourth-order valence-corrected chi connectivity index (χ4v) is 2.01. The van der Waals surface area contributed by atoms with E-state index in [1.807, 2.05) is 0 Å². The van der Waals surface area contributed by atoms with E-state index in [0.29, 0.717) is 0 Å².